The second kappa shape index (κ2) is 9.72. The summed E-state index contributed by atoms with van der Waals surface area (Å²) in [6.07, 6.45) is 0.617. The largest absolute Gasteiger partial charge is 0.372 e. The SMILES string of the molecule is C[C@@H]1CN(c2c(F)c3c(C4(Nc5ccc(F)cc5S(C)(=O)=O)C[C@H]4F)cc(F)cc3c(=O)n2C)CCN1C(=O)C1CC1. The molecule has 3 aromatic rings. The molecular weight excluding hydrogens is 576 g/mol. The molecule has 1 aliphatic heterocycles. The summed E-state index contributed by atoms with van der Waals surface area (Å²) in [6, 6.07) is 4.49. The number of hydrogen-bond donors (Lipinski definition) is 1. The number of sulfone groups is 1. The molecule has 0 radical (unpaired) electrons. The lowest BCUT2D eigenvalue weighted by Crippen LogP contribution is -2.55. The lowest BCUT2D eigenvalue weighted by molar-refractivity contribution is -0.134. The van der Waals surface area contributed by atoms with Gasteiger partial charge in [-0.25, -0.2) is 26.0 Å². The Bertz CT molecular complexity index is 1810. The monoisotopic (exact) mass is 606 g/mol. The van der Waals surface area contributed by atoms with Crippen molar-refractivity contribution in [3.8, 4) is 0 Å². The minimum absolute atomic E-state index is 0.0263. The lowest BCUT2D eigenvalue weighted by Gasteiger charge is -2.41. The van der Waals surface area contributed by atoms with Crippen molar-refractivity contribution in [1.82, 2.24) is 9.47 Å². The van der Waals surface area contributed by atoms with Crippen molar-refractivity contribution in [2.24, 2.45) is 13.0 Å². The topological polar surface area (TPSA) is 91.7 Å². The number of carbonyl (C=O) groups excluding carboxylic acids is 1. The summed E-state index contributed by atoms with van der Waals surface area (Å²) >= 11 is 0. The second-order valence-corrected chi connectivity index (χ2v) is 13.6. The molecule has 1 saturated heterocycles. The third-order valence-electron chi connectivity index (χ3n) is 8.57. The zero-order valence-corrected chi connectivity index (χ0v) is 24.1. The molecule has 8 nitrogen and oxygen atoms in total. The van der Waals surface area contributed by atoms with Gasteiger partial charge in [0, 0.05) is 56.7 Å². The molecule has 2 heterocycles. The Morgan fingerprint density at radius 1 is 1.07 bits per heavy atom. The van der Waals surface area contributed by atoms with Gasteiger partial charge in [0.1, 0.15) is 23.6 Å². The molecule has 1 unspecified atom stereocenters. The average Bonchev–Trinajstić information content (AvgIpc) is 3.85. The molecular formula is C29H30F4N4O4S. The quantitative estimate of drug-likeness (QED) is 0.429. The van der Waals surface area contributed by atoms with Gasteiger partial charge < -0.3 is 15.1 Å². The Morgan fingerprint density at radius 2 is 1.76 bits per heavy atom. The van der Waals surface area contributed by atoms with E-state index >= 15 is 8.78 Å². The number of piperazine rings is 1. The Morgan fingerprint density at radius 3 is 2.36 bits per heavy atom. The number of halogens is 4. The van der Waals surface area contributed by atoms with Gasteiger partial charge in [-0.15, -0.1) is 0 Å². The predicted molar refractivity (Wildman–Crippen MR) is 150 cm³/mol. The average molecular weight is 607 g/mol. The lowest BCUT2D eigenvalue weighted by atomic mass is 9.95. The highest BCUT2D eigenvalue weighted by atomic mass is 32.2. The van der Waals surface area contributed by atoms with E-state index in [1.54, 1.807) is 9.80 Å². The third-order valence-corrected chi connectivity index (χ3v) is 9.70. The number of aromatic nitrogens is 1. The van der Waals surface area contributed by atoms with Gasteiger partial charge in [0.05, 0.1) is 21.5 Å². The van der Waals surface area contributed by atoms with Gasteiger partial charge in [-0.1, -0.05) is 0 Å². The van der Waals surface area contributed by atoms with E-state index in [0.717, 1.165) is 54.0 Å². The van der Waals surface area contributed by atoms with Crippen LogP contribution in [-0.4, -0.2) is 61.9 Å². The van der Waals surface area contributed by atoms with Gasteiger partial charge in [0.15, 0.2) is 15.7 Å². The molecule has 42 heavy (non-hydrogen) atoms. The molecule has 1 aromatic heterocycles. The van der Waals surface area contributed by atoms with Crippen molar-refractivity contribution in [2.75, 3.05) is 36.1 Å². The van der Waals surface area contributed by atoms with Crippen LogP contribution in [0.1, 0.15) is 31.7 Å². The number of nitrogens with zero attached hydrogens (tertiary/aromatic N) is 3. The second-order valence-electron chi connectivity index (χ2n) is 11.7. The molecule has 6 rings (SSSR count). The van der Waals surface area contributed by atoms with E-state index in [9.17, 15) is 26.8 Å². The van der Waals surface area contributed by atoms with Crippen molar-refractivity contribution in [3.63, 3.8) is 0 Å². The number of alkyl halides is 1. The highest BCUT2D eigenvalue weighted by Crippen LogP contribution is 2.54. The molecule has 1 amide bonds. The van der Waals surface area contributed by atoms with Gasteiger partial charge in [-0.3, -0.25) is 14.2 Å². The molecule has 2 aromatic carbocycles. The number of anilines is 2. The summed E-state index contributed by atoms with van der Waals surface area (Å²) in [6.45, 7) is 2.67. The Hall–Kier alpha value is -3.61. The number of rotatable bonds is 6. The number of amides is 1. The maximum absolute atomic E-state index is 16.7. The van der Waals surface area contributed by atoms with Crippen LogP contribution in [0.5, 0.6) is 0 Å². The van der Waals surface area contributed by atoms with Crippen molar-refractivity contribution >= 4 is 38.0 Å². The summed E-state index contributed by atoms with van der Waals surface area (Å²) < 4.78 is 86.8. The van der Waals surface area contributed by atoms with Crippen LogP contribution in [0, 0.1) is 23.4 Å². The number of fused-ring (bicyclic) bond motifs is 1. The van der Waals surface area contributed by atoms with E-state index in [4.69, 9.17) is 0 Å². The predicted octanol–water partition coefficient (Wildman–Crippen LogP) is 3.86. The van der Waals surface area contributed by atoms with Crippen LogP contribution in [0.15, 0.2) is 40.0 Å². The van der Waals surface area contributed by atoms with E-state index in [1.807, 2.05) is 6.92 Å². The highest BCUT2D eigenvalue weighted by Gasteiger charge is 2.58. The van der Waals surface area contributed by atoms with E-state index < -0.39 is 49.5 Å². The maximum Gasteiger partial charge on any atom is 0.260 e. The summed E-state index contributed by atoms with van der Waals surface area (Å²) in [5.74, 6) is -2.57. The van der Waals surface area contributed by atoms with Crippen molar-refractivity contribution in [3.05, 3.63) is 63.7 Å². The minimum atomic E-state index is -3.97. The van der Waals surface area contributed by atoms with Crippen LogP contribution in [0.4, 0.5) is 29.1 Å². The highest BCUT2D eigenvalue weighted by molar-refractivity contribution is 7.90. The summed E-state index contributed by atoms with van der Waals surface area (Å²) in [5.41, 5.74) is -2.78. The molecule has 2 saturated carbocycles. The first kappa shape index (κ1) is 28.5. The van der Waals surface area contributed by atoms with Crippen LogP contribution in [-0.2, 0) is 27.2 Å². The summed E-state index contributed by atoms with van der Waals surface area (Å²) in [5, 5.41) is 2.22. The van der Waals surface area contributed by atoms with E-state index in [0.29, 0.717) is 6.54 Å². The molecule has 13 heteroatoms. The summed E-state index contributed by atoms with van der Waals surface area (Å²) in [4.78, 5) is 29.2. The van der Waals surface area contributed by atoms with Crippen LogP contribution in [0.3, 0.4) is 0 Å². The van der Waals surface area contributed by atoms with Crippen LogP contribution in [0.2, 0.25) is 0 Å². The fourth-order valence-corrected chi connectivity index (χ4v) is 6.98. The zero-order valence-electron chi connectivity index (χ0n) is 23.3. The van der Waals surface area contributed by atoms with Gasteiger partial charge in [0.2, 0.25) is 5.91 Å². The maximum atomic E-state index is 16.7. The number of benzene rings is 2. The molecule has 3 aliphatic rings. The minimum Gasteiger partial charge on any atom is -0.372 e. The van der Waals surface area contributed by atoms with Gasteiger partial charge in [-0.05, 0) is 55.7 Å². The molecule has 0 spiro atoms. The fourth-order valence-electron chi connectivity index (χ4n) is 6.14. The smallest absolute Gasteiger partial charge is 0.260 e. The molecule has 1 N–H and O–H groups in total. The van der Waals surface area contributed by atoms with Crippen molar-refractivity contribution in [2.45, 2.75) is 48.8 Å². The first-order valence-corrected chi connectivity index (χ1v) is 15.6. The fraction of sp³-hybridized carbons (Fsp3) is 0.448. The summed E-state index contributed by atoms with van der Waals surface area (Å²) in [7, 11) is -2.60. The van der Waals surface area contributed by atoms with Gasteiger partial charge in [-0.2, -0.15) is 0 Å². The number of carbonyl (C=O) groups is 1. The standard InChI is InChI=1S/C29H30F4N4O4S/c1-15-14-36(8-9-37(15)27(38)16-4-5-16)26-25(33)24-19(28(39)35(26)2)10-18(31)11-20(24)29(13-23(29)32)34-21-7-6-17(30)12-22(21)42(3,40)41/h6-7,10-12,15-16,23,34H,4-5,8-9,13-14H2,1-3H3/t15-,23-,29?/m1/s1. The normalized spacial score (nSPS) is 24.3. The zero-order chi connectivity index (χ0) is 30.3. The first-order valence-electron chi connectivity index (χ1n) is 13.7. The Kier molecular flexibility index (Phi) is 6.59. The van der Waals surface area contributed by atoms with Crippen LogP contribution >= 0.6 is 0 Å². The number of nitrogens with one attached hydrogen (secondary N) is 1. The van der Waals surface area contributed by atoms with E-state index in [1.165, 1.54) is 7.05 Å². The molecule has 3 atom stereocenters. The number of hydrogen-bond acceptors (Lipinski definition) is 6. The van der Waals surface area contributed by atoms with Crippen LogP contribution in [0.25, 0.3) is 10.8 Å². The molecule has 2 aliphatic carbocycles. The third kappa shape index (κ3) is 4.61. The van der Waals surface area contributed by atoms with Gasteiger partial charge >= 0.3 is 0 Å². The van der Waals surface area contributed by atoms with E-state index in [-0.39, 0.29) is 65.2 Å². The Labute approximate surface area is 239 Å². The van der Waals surface area contributed by atoms with Crippen molar-refractivity contribution < 1.29 is 30.8 Å². The van der Waals surface area contributed by atoms with Crippen LogP contribution < -0.4 is 15.8 Å². The van der Waals surface area contributed by atoms with Crippen molar-refractivity contribution in [1.29, 1.82) is 0 Å². The first-order chi connectivity index (χ1) is 19.7. The number of pyridine rings is 1. The van der Waals surface area contributed by atoms with E-state index in [2.05, 4.69) is 5.32 Å². The Balaban J connectivity index is 1.47. The molecule has 3 fully saturated rings. The van der Waals surface area contributed by atoms with Gasteiger partial charge in [0.25, 0.3) is 5.56 Å². The molecule has 0 bridgehead atoms. The molecule has 224 valence electrons.